The van der Waals surface area contributed by atoms with E-state index in [4.69, 9.17) is 0 Å². The van der Waals surface area contributed by atoms with Crippen molar-refractivity contribution in [2.75, 3.05) is 21.9 Å². The normalized spacial score (nSPS) is 23.5. The first kappa shape index (κ1) is 15.1. The van der Waals surface area contributed by atoms with Crippen molar-refractivity contribution in [2.45, 2.75) is 25.7 Å². The van der Waals surface area contributed by atoms with Crippen LogP contribution in [-0.2, 0) is 14.8 Å². The summed E-state index contributed by atoms with van der Waals surface area (Å²) >= 11 is 0. The number of carbonyl (C=O) groups is 1. The molecule has 3 rings (SSSR count). The largest absolute Gasteiger partial charge is 0.326 e. The molecule has 1 N–H and O–H groups in total. The molecule has 0 spiro atoms. The molecule has 2 aliphatic rings. The topological polar surface area (TPSA) is 66.5 Å². The lowest BCUT2D eigenvalue weighted by Crippen LogP contribution is -2.25. The summed E-state index contributed by atoms with van der Waals surface area (Å²) < 4.78 is 25.2. The zero-order chi connectivity index (χ0) is 15.6. The van der Waals surface area contributed by atoms with Gasteiger partial charge in [0, 0.05) is 18.2 Å². The van der Waals surface area contributed by atoms with E-state index < -0.39 is 10.0 Å². The average Bonchev–Trinajstić information content (AvgIpc) is 2.88. The zero-order valence-corrected chi connectivity index (χ0v) is 13.2. The fraction of sp³-hybridized carbons (Fsp3) is 0.438. The van der Waals surface area contributed by atoms with Gasteiger partial charge in [-0.1, -0.05) is 12.2 Å². The SMILES string of the molecule is O=C(Nc1ccc(N2CCCS2(=O)=O)cc1)[C@@H]1CC=CCC1. The summed E-state index contributed by atoms with van der Waals surface area (Å²) in [5, 5.41) is 2.91. The standard InChI is InChI=1S/C16H20N2O3S/c19-16(13-5-2-1-3-6-13)17-14-7-9-15(10-8-14)18-11-4-12-22(18,20)21/h1-2,7-10,13H,3-6,11-12H2,(H,17,19)/t13-/m1/s1. The third-order valence-corrected chi connectivity index (χ3v) is 6.03. The van der Waals surface area contributed by atoms with Crippen molar-refractivity contribution in [2.24, 2.45) is 5.92 Å². The van der Waals surface area contributed by atoms with Crippen LogP contribution in [0.5, 0.6) is 0 Å². The number of nitrogens with one attached hydrogen (secondary N) is 1. The first-order valence-corrected chi connectivity index (χ1v) is 9.23. The Morgan fingerprint density at radius 1 is 1.18 bits per heavy atom. The van der Waals surface area contributed by atoms with Crippen LogP contribution in [0.3, 0.4) is 0 Å². The second-order valence-corrected chi connectivity index (χ2v) is 7.77. The lowest BCUT2D eigenvalue weighted by molar-refractivity contribution is -0.120. The molecule has 1 aromatic rings. The maximum Gasteiger partial charge on any atom is 0.235 e. The van der Waals surface area contributed by atoms with Crippen molar-refractivity contribution in [1.29, 1.82) is 0 Å². The number of carbonyl (C=O) groups excluding carboxylic acids is 1. The van der Waals surface area contributed by atoms with Crippen LogP contribution in [0.2, 0.25) is 0 Å². The molecule has 1 aliphatic carbocycles. The Balaban J connectivity index is 1.67. The van der Waals surface area contributed by atoms with Gasteiger partial charge in [-0.15, -0.1) is 0 Å². The second kappa shape index (κ2) is 6.12. The molecule has 0 bridgehead atoms. The van der Waals surface area contributed by atoms with E-state index in [-0.39, 0.29) is 17.6 Å². The van der Waals surface area contributed by atoms with Crippen molar-refractivity contribution < 1.29 is 13.2 Å². The van der Waals surface area contributed by atoms with E-state index in [0.717, 1.165) is 19.3 Å². The summed E-state index contributed by atoms with van der Waals surface area (Å²) in [5.41, 5.74) is 1.37. The van der Waals surface area contributed by atoms with Crippen molar-refractivity contribution in [1.82, 2.24) is 0 Å². The third-order valence-electron chi connectivity index (χ3n) is 4.16. The number of allylic oxidation sites excluding steroid dienone is 2. The minimum absolute atomic E-state index is 0.0311. The molecular formula is C16H20N2O3S. The number of benzene rings is 1. The number of nitrogens with zero attached hydrogens (tertiary/aromatic N) is 1. The van der Waals surface area contributed by atoms with Crippen LogP contribution in [0.15, 0.2) is 36.4 Å². The average molecular weight is 320 g/mol. The predicted octanol–water partition coefficient (Wildman–Crippen LogP) is 2.52. The summed E-state index contributed by atoms with van der Waals surface area (Å²) in [5.74, 6) is 0.273. The lowest BCUT2D eigenvalue weighted by atomic mass is 9.93. The monoisotopic (exact) mass is 320 g/mol. The van der Waals surface area contributed by atoms with E-state index in [2.05, 4.69) is 17.5 Å². The molecule has 1 heterocycles. The van der Waals surface area contributed by atoms with E-state index in [0.29, 0.717) is 24.3 Å². The van der Waals surface area contributed by atoms with Gasteiger partial charge in [0.15, 0.2) is 0 Å². The van der Waals surface area contributed by atoms with Gasteiger partial charge in [0.05, 0.1) is 11.4 Å². The quantitative estimate of drug-likeness (QED) is 0.870. The molecule has 22 heavy (non-hydrogen) atoms. The fourth-order valence-electron chi connectivity index (χ4n) is 2.92. The highest BCUT2D eigenvalue weighted by Crippen LogP contribution is 2.26. The third kappa shape index (κ3) is 3.16. The zero-order valence-electron chi connectivity index (χ0n) is 12.4. The summed E-state index contributed by atoms with van der Waals surface area (Å²) in [4.78, 5) is 12.2. The molecule has 0 aromatic heterocycles. The Hall–Kier alpha value is -1.82. The maximum atomic E-state index is 12.2. The molecule has 1 aliphatic heterocycles. The van der Waals surface area contributed by atoms with Gasteiger partial charge in [0.2, 0.25) is 15.9 Å². The van der Waals surface area contributed by atoms with E-state index >= 15 is 0 Å². The van der Waals surface area contributed by atoms with Gasteiger partial charge in [0.25, 0.3) is 0 Å². The predicted molar refractivity (Wildman–Crippen MR) is 87.3 cm³/mol. The molecule has 1 aromatic carbocycles. The number of amides is 1. The van der Waals surface area contributed by atoms with Gasteiger partial charge < -0.3 is 5.32 Å². The van der Waals surface area contributed by atoms with Crippen molar-refractivity contribution in [3.05, 3.63) is 36.4 Å². The molecule has 118 valence electrons. The molecule has 1 fully saturated rings. The van der Waals surface area contributed by atoms with E-state index in [1.165, 1.54) is 4.31 Å². The second-order valence-electron chi connectivity index (χ2n) is 5.76. The Morgan fingerprint density at radius 2 is 1.95 bits per heavy atom. The maximum absolute atomic E-state index is 12.2. The molecule has 0 radical (unpaired) electrons. The van der Waals surface area contributed by atoms with Gasteiger partial charge in [-0.3, -0.25) is 9.10 Å². The van der Waals surface area contributed by atoms with E-state index in [1.54, 1.807) is 24.3 Å². The minimum Gasteiger partial charge on any atom is -0.326 e. The number of hydrogen-bond acceptors (Lipinski definition) is 3. The van der Waals surface area contributed by atoms with Crippen LogP contribution in [0.4, 0.5) is 11.4 Å². The number of hydrogen-bond donors (Lipinski definition) is 1. The Morgan fingerprint density at radius 3 is 2.55 bits per heavy atom. The van der Waals surface area contributed by atoms with Crippen LogP contribution in [0.25, 0.3) is 0 Å². The molecule has 0 unspecified atom stereocenters. The van der Waals surface area contributed by atoms with Crippen molar-refractivity contribution in [3.63, 3.8) is 0 Å². The van der Waals surface area contributed by atoms with E-state index in [1.807, 2.05) is 0 Å². The van der Waals surface area contributed by atoms with Crippen molar-refractivity contribution in [3.8, 4) is 0 Å². The summed E-state index contributed by atoms with van der Waals surface area (Å²) in [7, 11) is -3.15. The summed E-state index contributed by atoms with van der Waals surface area (Å²) in [6.07, 6.45) is 7.44. The molecule has 1 amide bonds. The highest BCUT2D eigenvalue weighted by atomic mass is 32.2. The van der Waals surface area contributed by atoms with Gasteiger partial charge >= 0.3 is 0 Å². The number of rotatable bonds is 3. The molecule has 0 saturated carbocycles. The van der Waals surface area contributed by atoms with Crippen LogP contribution >= 0.6 is 0 Å². The Labute approximate surface area is 131 Å². The minimum atomic E-state index is -3.15. The van der Waals surface area contributed by atoms with Crippen LogP contribution in [0, 0.1) is 5.92 Å². The van der Waals surface area contributed by atoms with Gasteiger partial charge in [-0.25, -0.2) is 8.42 Å². The molecule has 6 heteroatoms. The van der Waals surface area contributed by atoms with Crippen LogP contribution in [0.1, 0.15) is 25.7 Å². The Kier molecular flexibility index (Phi) is 4.20. The first-order chi connectivity index (χ1) is 10.6. The Bertz CT molecular complexity index is 680. The molecule has 1 atom stereocenters. The van der Waals surface area contributed by atoms with Crippen molar-refractivity contribution >= 4 is 27.3 Å². The van der Waals surface area contributed by atoms with Crippen LogP contribution < -0.4 is 9.62 Å². The van der Waals surface area contributed by atoms with Crippen LogP contribution in [-0.4, -0.2) is 26.6 Å². The van der Waals surface area contributed by atoms with Gasteiger partial charge in [0.1, 0.15) is 0 Å². The van der Waals surface area contributed by atoms with E-state index in [9.17, 15) is 13.2 Å². The van der Waals surface area contributed by atoms with Gasteiger partial charge in [-0.2, -0.15) is 0 Å². The first-order valence-electron chi connectivity index (χ1n) is 7.62. The lowest BCUT2D eigenvalue weighted by Gasteiger charge is -2.19. The fourth-order valence-corrected chi connectivity index (χ4v) is 4.48. The van der Waals surface area contributed by atoms with Gasteiger partial charge in [-0.05, 0) is 49.9 Å². The smallest absolute Gasteiger partial charge is 0.235 e. The summed E-state index contributed by atoms with van der Waals surface area (Å²) in [6.45, 7) is 0.530. The highest BCUT2D eigenvalue weighted by Gasteiger charge is 2.28. The molecule has 1 saturated heterocycles. The number of anilines is 2. The molecular weight excluding hydrogens is 300 g/mol. The number of sulfonamides is 1. The molecule has 5 nitrogen and oxygen atoms in total. The summed E-state index contributed by atoms with van der Waals surface area (Å²) in [6, 6.07) is 7.03. The highest BCUT2D eigenvalue weighted by molar-refractivity contribution is 7.93.